The molecule has 1 fully saturated rings. The highest BCUT2D eigenvalue weighted by atomic mass is 32.2. The number of fused-ring (bicyclic) bond motifs is 1. The van der Waals surface area contributed by atoms with E-state index in [0.717, 1.165) is 18.4 Å². The van der Waals surface area contributed by atoms with Gasteiger partial charge in [-0.1, -0.05) is 31.1 Å². The molecule has 1 N–H and O–H groups in total. The summed E-state index contributed by atoms with van der Waals surface area (Å²) in [7, 11) is -3.86. The summed E-state index contributed by atoms with van der Waals surface area (Å²) in [4.78, 5) is 16.7. The quantitative estimate of drug-likeness (QED) is 0.450. The van der Waals surface area contributed by atoms with Gasteiger partial charge in [0.05, 0.1) is 17.0 Å². The van der Waals surface area contributed by atoms with Crippen molar-refractivity contribution in [3.63, 3.8) is 0 Å². The van der Waals surface area contributed by atoms with Crippen LogP contribution in [0.5, 0.6) is 0 Å². The van der Waals surface area contributed by atoms with Crippen LogP contribution in [0.1, 0.15) is 55.8 Å². The van der Waals surface area contributed by atoms with Crippen molar-refractivity contribution in [2.24, 2.45) is 0 Å². The first-order valence-corrected chi connectivity index (χ1v) is 11.9. The van der Waals surface area contributed by atoms with Gasteiger partial charge in [0.15, 0.2) is 11.4 Å². The van der Waals surface area contributed by atoms with Crippen molar-refractivity contribution in [2.75, 3.05) is 4.72 Å². The predicted molar refractivity (Wildman–Crippen MR) is 117 cm³/mol. The molecular weight excluding hydrogens is 432 g/mol. The van der Waals surface area contributed by atoms with Crippen LogP contribution < -0.4 is 10.5 Å². The number of rotatable bonds is 7. The number of oxazole rings is 1. The molecule has 0 unspecified atom stereocenters. The second kappa shape index (κ2) is 7.63. The van der Waals surface area contributed by atoms with Crippen molar-refractivity contribution in [1.29, 1.82) is 0 Å². The van der Waals surface area contributed by atoms with Crippen LogP contribution in [0, 0.1) is 0 Å². The Balaban J connectivity index is 1.40. The summed E-state index contributed by atoms with van der Waals surface area (Å²) in [6.45, 7) is 4.21. The summed E-state index contributed by atoms with van der Waals surface area (Å²) in [5.74, 6) is 1.00. The summed E-state index contributed by atoms with van der Waals surface area (Å²) in [6.07, 6.45) is 2.06. The minimum absolute atomic E-state index is 0.00517. The second-order valence-corrected chi connectivity index (χ2v) is 9.97. The molecule has 10 heteroatoms. The van der Waals surface area contributed by atoms with Crippen molar-refractivity contribution < 1.29 is 17.4 Å². The third-order valence-corrected chi connectivity index (χ3v) is 6.87. The Morgan fingerprint density at radius 2 is 1.91 bits per heavy atom. The number of anilines is 1. The Labute approximate surface area is 184 Å². The van der Waals surface area contributed by atoms with Crippen LogP contribution >= 0.6 is 0 Å². The number of aromatic nitrogens is 3. The minimum Gasteiger partial charge on any atom is -0.408 e. The molecule has 1 aliphatic rings. The highest BCUT2D eigenvalue weighted by Gasteiger charge is 2.29. The molecule has 1 aliphatic carbocycles. The van der Waals surface area contributed by atoms with Gasteiger partial charge in [-0.3, -0.25) is 9.29 Å². The smallest absolute Gasteiger partial charge is 0.408 e. The summed E-state index contributed by atoms with van der Waals surface area (Å²) >= 11 is 0. The van der Waals surface area contributed by atoms with Gasteiger partial charge in [-0.15, -0.1) is 0 Å². The summed E-state index contributed by atoms with van der Waals surface area (Å²) in [5, 5.41) is 3.93. The Morgan fingerprint density at radius 1 is 1.16 bits per heavy atom. The molecule has 0 amide bonds. The van der Waals surface area contributed by atoms with Gasteiger partial charge in [0, 0.05) is 17.7 Å². The van der Waals surface area contributed by atoms with Gasteiger partial charge >= 0.3 is 5.76 Å². The lowest BCUT2D eigenvalue weighted by Gasteiger charge is -2.10. The standard InChI is InChI=1S/C22H22N4O5S/c1-13(2)14-5-7-16(8-6-14)25-32(28,29)17-9-10-18-19(11-17)30-22(27)26(18)12-20-23-21(31-24-20)15-3-4-15/h5-11,13,15,25H,3-4,12H2,1-2H3. The Kier molecular flexibility index (Phi) is 4.89. The van der Waals surface area contributed by atoms with Crippen LogP contribution in [0.15, 0.2) is 61.1 Å². The molecule has 32 heavy (non-hydrogen) atoms. The minimum atomic E-state index is -3.86. The zero-order valence-corrected chi connectivity index (χ0v) is 18.4. The van der Waals surface area contributed by atoms with E-state index < -0.39 is 15.8 Å². The van der Waals surface area contributed by atoms with Gasteiger partial charge in [0.1, 0.15) is 0 Å². The fraction of sp³-hybridized carbons (Fsp3) is 0.318. The van der Waals surface area contributed by atoms with Gasteiger partial charge in [0.25, 0.3) is 10.0 Å². The molecule has 9 nitrogen and oxygen atoms in total. The Morgan fingerprint density at radius 3 is 2.59 bits per heavy atom. The van der Waals surface area contributed by atoms with Crippen LogP contribution in [-0.2, 0) is 16.6 Å². The van der Waals surface area contributed by atoms with Gasteiger partial charge in [-0.2, -0.15) is 4.98 Å². The van der Waals surface area contributed by atoms with E-state index in [0.29, 0.717) is 34.8 Å². The summed E-state index contributed by atoms with van der Waals surface area (Å²) in [6, 6.07) is 11.5. The maximum atomic E-state index is 12.8. The molecule has 0 saturated heterocycles. The summed E-state index contributed by atoms with van der Waals surface area (Å²) in [5.41, 5.74) is 2.19. The van der Waals surface area contributed by atoms with Crippen molar-refractivity contribution >= 4 is 26.8 Å². The van der Waals surface area contributed by atoms with Crippen molar-refractivity contribution in [3.8, 4) is 0 Å². The van der Waals surface area contributed by atoms with E-state index in [4.69, 9.17) is 8.94 Å². The van der Waals surface area contributed by atoms with Crippen LogP contribution in [0.3, 0.4) is 0 Å². The lowest BCUT2D eigenvalue weighted by Crippen LogP contribution is -2.15. The maximum Gasteiger partial charge on any atom is 0.420 e. The number of sulfonamides is 1. The average Bonchev–Trinajstić information content (AvgIpc) is 3.42. The lowest BCUT2D eigenvalue weighted by atomic mass is 10.0. The fourth-order valence-electron chi connectivity index (χ4n) is 3.48. The van der Waals surface area contributed by atoms with E-state index in [-0.39, 0.29) is 17.0 Å². The van der Waals surface area contributed by atoms with Crippen molar-refractivity contribution in [3.05, 3.63) is 70.3 Å². The largest absolute Gasteiger partial charge is 0.420 e. The fourth-order valence-corrected chi connectivity index (χ4v) is 4.56. The first-order valence-electron chi connectivity index (χ1n) is 10.4. The average molecular weight is 455 g/mol. The molecule has 0 spiro atoms. The number of hydrogen-bond acceptors (Lipinski definition) is 7. The van der Waals surface area contributed by atoms with Crippen molar-refractivity contribution in [2.45, 2.75) is 50.0 Å². The van der Waals surface area contributed by atoms with Crippen LogP contribution in [0.25, 0.3) is 11.1 Å². The molecule has 1 saturated carbocycles. The van der Waals surface area contributed by atoms with Gasteiger partial charge in [-0.05, 0) is 48.6 Å². The first kappa shape index (κ1) is 20.5. The molecular formula is C22H22N4O5S. The van der Waals surface area contributed by atoms with Gasteiger partial charge in [-0.25, -0.2) is 13.2 Å². The maximum absolute atomic E-state index is 12.8. The molecule has 166 valence electrons. The molecule has 2 heterocycles. The molecule has 0 bridgehead atoms. The van der Waals surface area contributed by atoms with E-state index >= 15 is 0 Å². The first-order chi connectivity index (χ1) is 15.3. The SMILES string of the molecule is CC(C)c1ccc(NS(=O)(=O)c2ccc3c(c2)oc(=O)n3Cc2noc(C3CC3)n2)cc1. The summed E-state index contributed by atoms with van der Waals surface area (Å²) < 4.78 is 40.1. The molecule has 5 rings (SSSR count). The number of nitrogens with one attached hydrogen (secondary N) is 1. The second-order valence-electron chi connectivity index (χ2n) is 8.29. The molecule has 2 aromatic heterocycles. The number of nitrogens with zero attached hydrogens (tertiary/aromatic N) is 3. The van der Waals surface area contributed by atoms with Crippen LogP contribution in [0.2, 0.25) is 0 Å². The third kappa shape index (κ3) is 3.93. The number of hydrogen-bond donors (Lipinski definition) is 1. The zero-order chi connectivity index (χ0) is 22.5. The molecule has 0 atom stereocenters. The Hall–Kier alpha value is -3.40. The molecule has 2 aromatic carbocycles. The van der Waals surface area contributed by atoms with Crippen LogP contribution in [0.4, 0.5) is 5.69 Å². The molecule has 0 radical (unpaired) electrons. The highest BCUT2D eigenvalue weighted by molar-refractivity contribution is 7.92. The highest BCUT2D eigenvalue weighted by Crippen LogP contribution is 2.38. The molecule has 4 aromatic rings. The van der Waals surface area contributed by atoms with E-state index in [2.05, 4.69) is 28.7 Å². The van der Waals surface area contributed by atoms with E-state index in [1.165, 1.54) is 16.7 Å². The van der Waals surface area contributed by atoms with Crippen molar-refractivity contribution in [1.82, 2.24) is 14.7 Å². The van der Waals surface area contributed by atoms with Gasteiger partial charge in [0.2, 0.25) is 5.89 Å². The number of benzene rings is 2. The monoisotopic (exact) mass is 454 g/mol. The Bertz CT molecular complexity index is 1440. The zero-order valence-electron chi connectivity index (χ0n) is 17.6. The van der Waals surface area contributed by atoms with Gasteiger partial charge < -0.3 is 8.94 Å². The van der Waals surface area contributed by atoms with E-state index in [1.807, 2.05) is 12.1 Å². The van der Waals surface area contributed by atoms with Crippen LogP contribution in [-0.4, -0.2) is 23.1 Å². The normalized spacial score (nSPS) is 14.3. The van der Waals surface area contributed by atoms with E-state index in [1.54, 1.807) is 18.2 Å². The molecule has 0 aliphatic heterocycles. The topological polar surface area (TPSA) is 120 Å². The van der Waals surface area contributed by atoms with E-state index in [9.17, 15) is 13.2 Å². The lowest BCUT2D eigenvalue weighted by molar-refractivity contribution is 0.372. The third-order valence-electron chi connectivity index (χ3n) is 5.49. The predicted octanol–water partition coefficient (Wildman–Crippen LogP) is 3.83.